The fourth-order valence-corrected chi connectivity index (χ4v) is 14.2. The third-order valence-corrected chi connectivity index (χ3v) is 15.3. The van der Waals surface area contributed by atoms with Crippen LogP contribution in [0.5, 0.6) is 0 Å². The summed E-state index contributed by atoms with van der Waals surface area (Å²) in [5.74, 6) is 0. The van der Waals surface area contributed by atoms with Crippen LogP contribution in [0.15, 0.2) is 82.2 Å². The van der Waals surface area contributed by atoms with Gasteiger partial charge in [-0.2, -0.15) is 0 Å². The average molecular weight is 609 g/mol. The normalized spacial score (nSPS) is 14.2. The van der Waals surface area contributed by atoms with Gasteiger partial charge < -0.3 is 24.8 Å². The number of benzene rings is 3. The number of fused-ring (bicyclic) bond motifs is 3. The van der Waals surface area contributed by atoms with Gasteiger partial charge in [0.2, 0.25) is 0 Å². The van der Waals surface area contributed by atoms with Crippen LogP contribution >= 0.6 is 0 Å². The standard InChI is InChI=1S/C21H25.C8H8.C5H5.2ClH.Zr/c1-20(2,3)16-7-9-18-14(12-16)11-15-13-17(21(4,5)6)8-10-19(15)18;1-2-8-6-4-3-5-7-8;1-2-4-5-3-1;;;/h7-10,12H,11H2,1-6H3;3-7H,1H3;1-3H,4H2;2*1H;/q;;;;;+2/p-2. The van der Waals surface area contributed by atoms with Gasteiger partial charge in [0.1, 0.15) is 0 Å². The van der Waals surface area contributed by atoms with Crippen molar-refractivity contribution < 1.29 is 46.1 Å². The van der Waals surface area contributed by atoms with E-state index in [2.05, 4.69) is 127 Å². The Hall–Kier alpha value is -1.53. The van der Waals surface area contributed by atoms with E-state index in [1.54, 1.807) is 20.9 Å². The zero-order valence-corrected chi connectivity index (χ0v) is 27.1. The Kier molecular flexibility index (Phi) is 9.17. The summed E-state index contributed by atoms with van der Waals surface area (Å²) in [4.78, 5) is 0. The van der Waals surface area contributed by atoms with E-state index in [1.165, 1.54) is 27.8 Å². The molecule has 3 aromatic carbocycles. The van der Waals surface area contributed by atoms with E-state index in [9.17, 15) is 0 Å². The molecular formula is C34H38Cl2Zr. The van der Waals surface area contributed by atoms with Crippen LogP contribution in [0.4, 0.5) is 0 Å². The van der Waals surface area contributed by atoms with Crippen LogP contribution < -0.4 is 28.1 Å². The molecule has 192 valence electrons. The summed E-state index contributed by atoms with van der Waals surface area (Å²) in [6.07, 6.45) is 9.29. The first-order chi connectivity index (χ1) is 16.6. The minimum absolute atomic E-state index is 0. The first kappa shape index (κ1) is 30.0. The van der Waals surface area contributed by atoms with Crippen molar-refractivity contribution in [2.45, 2.75) is 72.1 Å². The molecule has 3 aromatic rings. The van der Waals surface area contributed by atoms with E-state index in [1.807, 2.05) is 0 Å². The average Bonchev–Trinajstić information content (AvgIpc) is 3.46. The van der Waals surface area contributed by atoms with Gasteiger partial charge in [-0.1, -0.05) is 0 Å². The van der Waals surface area contributed by atoms with Crippen LogP contribution in [0.3, 0.4) is 0 Å². The Morgan fingerprint density at radius 2 is 1.46 bits per heavy atom. The molecule has 0 bridgehead atoms. The number of hydrogen-bond acceptors (Lipinski definition) is 0. The summed E-state index contributed by atoms with van der Waals surface area (Å²) in [6.45, 7) is 16.6. The summed E-state index contributed by atoms with van der Waals surface area (Å²) in [5.41, 5.74) is 10.8. The van der Waals surface area contributed by atoms with E-state index >= 15 is 0 Å². The summed E-state index contributed by atoms with van der Waals surface area (Å²) in [6, 6.07) is 23.3. The van der Waals surface area contributed by atoms with Crippen molar-refractivity contribution in [2.24, 2.45) is 0 Å². The SMILES string of the molecule is C/[C](c1ccccc1)=[Zr+2](\[C]1=CC=CC1)[c]1c(C(C)(C)C)ccc2c1Cc1cc(C(C)(C)C)ccc1-2.[Cl-].[Cl-]. The molecule has 0 saturated carbocycles. The van der Waals surface area contributed by atoms with Crippen molar-refractivity contribution in [3.8, 4) is 11.1 Å². The second-order valence-electron chi connectivity index (χ2n) is 12.3. The second-order valence-corrected chi connectivity index (χ2v) is 18.7. The minimum Gasteiger partial charge on any atom is -1.00 e. The second kappa shape index (κ2) is 11.3. The fourth-order valence-electron chi connectivity index (χ4n) is 5.71. The fraction of sp³-hybridized carbons (Fsp3) is 0.324. The number of allylic oxidation sites excluding steroid dienone is 4. The molecule has 0 saturated heterocycles. The van der Waals surface area contributed by atoms with E-state index in [0.29, 0.717) is 0 Å². The van der Waals surface area contributed by atoms with Crippen molar-refractivity contribution >= 4 is 6.48 Å². The van der Waals surface area contributed by atoms with Crippen molar-refractivity contribution in [1.29, 1.82) is 0 Å². The smallest absolute Gasteiger partial charge is 1.00 e. The van der Waals surface area contributed by atoms with Gasteiger partial charge >= 0.3 is 221 Å². The van der Waals surface area contributed by atoms with Gasteiger partial charge in [-0.25, -0.2) is 0 Å². The molecular weight excluding hydrogens is 571 g/mol. The summed E-state index contributed by atoms with van der Waals surface area (Å²) < 4.78 is 5.09. The molecule has 37 heavy (non-hydrogen) atoms. The molecule has 0 atom stereocenters. The molecule has 2 aliphatic carbocycles. The third kappa shape index (κ3) is 5.76. The summed E-state index contributed by atoms with van der Waals surface area (Å²) in [7, 11) is 0. The maximum absolute atomic E-state index is 2.49. The van der Waals surface area contributed by atoms with Gasteiger partial charge in [0.05, 0.1) is 0 Å². The van der Waals surface area contributed by atoms with E-state index in [0.717, 1.165) is 12.8 Å². The van der Waals surface area contributed by atoms with Crippen LogP contribution in [0.25, 0.3) is 11.1 Å². The molecule has 0 amide bonds. The van der Waals surface area contributed by atoms with Crippen LogP contribution in [0.2, 0.25) is 0 Å². The molecule has 0 unspecified atom stereocenters. The predicted octanol–water partition coefficient (Wildman–Crippen LogP) is 2.19. The largest absolute Gasteiger partial charge is 1.00 e. The molecule has 0 aromatic heterocycles. The molecule has 3 heteroatoms. The third-order valence-electron chi connectivity index (χ3n) is 7.67. The zero-order valence-electron chi connectivity index (χ0n) is 23.2. The zero-order chi connectivity index (χ0) is 25.0. The van der Waals surface area contributed by atoms with Gasteiger partial charge in [0, 0.05) is 0 Å². The van der Waals surface area contributed by atoms with Crippen molar-refractivity contribution in [1.82, 2.24) is 0 Å². The molecule has 0 aliphatic heterocycles. The van der Waals surface area contributed by atoms with Gasteiger partial charge in [0.15, 0.2) is 0 Å². The van der Waals surface area contributed by atoms with Crippen molar-refractivity contribution in [3.05, 3.63) is 110 Å². The quantitative estimate of drug-likeness (QED) is 0.335. The maximum Gasteiger partial charge on any atom is -1.00 e. The van der Waals surface area contributed by atoms with Crippen LogP contribution in [-0.4, -0.2) is 3.21 Å². The number of rotatable bonds is 3. The van der Waals surface area contributed by atoms with E-state index in [-0.39, 0.29) is 35.6 Å². The molecule has 0 fully saturated rings. The topological polar surface area (TPSA) is 0 Å². The van der Waals surface area contributed by atoms with E-state index in [4.69, 9.17) is 0 Å². The first-order valence-corrected chi connectivity index (χ1v) is 16.7. The molecule has 0 N–H and O–H groups in total. The molecule has 5 rings (SSSR count). The van der Waals surface area contributed by atoms with Gasteiger partial charge in [-0.05, 0) is 0 Å². The Bertz CT molecular complexity index is 1390. The van der Waals surface area contributed by atoms with Gasteiger partial charge in [-0.15, -0.1) is 0 Å². The Morgan fingerprint density at radius 3 is 2.05 bits per heavy atom. The van der Waals surface area contributed by atoms with Crippen LogP contribution in [0.1, 0.15) is 82.7 Å². The molecule has 0 radical (unpaired) electrons. The van der Waals surface area contributed by atoms with Crippen molar-refractivity contribution in [2.75, 3.05) is 0 Å². The summed E-state index contributed by atoms with van der Waals surface area (Å²) in [5, 5.41) is 0. The Morgan fingerprint density at radius 1 is 0.784 bits per heavy atom. The number of halogens is 2. The monoisotopic (exact) mass is 606 g/mol. The minimum atomic E-state index is -2.40. The van der Waals surface area contributed by atoms with Crippen LogP contribution in [0, 0.1) is 0 Å². The predicted molar refractivity (Wildman–Crippen MR) is 150 cm³/mol. The maximum atomic E-state index is 2.49. The van der Waals surface area contributed by atoms with Crippen molar-refractivity contribution in [3.63, 3.8) is 0 Å². The molecule has 0 spiro atoms. The molecule has 0 nitrogen and oxygen atoms in total. The Labute approximate surface area is 244 Å². The Balaban J connectivity index is 0.00000190. The number of hydrogen-bond donors (Lipinski definition) is 0. The summed E-state index contributed by atoms with van der Waals surface area (Å²) >= 11 is -2.40. The van der Waals surface area contributed by atoms with E-state index < -0.39 is 21.3 Å². The van der Waals surface area contributed by atoms with Crippen LogP contribution in [-0.2, 0) is 38.5 Å². The molecule has 0 heterocycles. The first-order valence-electron chi connectivity index (χ1n) is 13.0. The molecule has 2 aliphatic rings. The van der Waals surface area contributed by atoms with Gasteiger partial charge in [0.25, 0.3) is 0 Å². The van der Waals surface area contributed by atoms with Gasteiger partial charge in [-0.3, -0.25) is 0 Å².